The summed E-state index contributed by atoms with van der Waals surface area (Å²) >= 11 is 1.29. The van der Waals surface area contributed by atoms with Crippen LogP contribution < -0.4 is 9.47 Å². The van der Waals surface area contributed by atoms with Crippen LogP contribution in [0, 0.1) is 0 Å². The summed E-state index contributed by atoms with van der Waals surface area (Å²) in [7, 11) is 0. The van der Waals surface area contributed by atoms with Gasteiger partial charge in [-0.1, -0.05) is 0 Å². The highest BCUT2D eigenvalue weighted by Crippen LogP contribution is 2.35. The minimum absolute atomic E-state index is 0.470. The molecular formula is C11H12O4S. The van der Waals surface area contributed by atoms with E-state index in [0.29, 0.717) is 19.0 Å². The normalized spacial score (nSPS) is 15.6. The molecule has 0 spiro atoms. The van der Waals surface area contributed by atoms with E-state index in [0.717, 1.165) is 10.6 Å². The van der Waals surface area contributed by atoms with E-state index in [9.17, 15) is 4.79 Å². The average Bonchev–Trinajstić information content (AvgIpc) is 2.28. The van der Waals surface area contributed by atoms with Gasteiger partial charge in [-0.25, -0.2) is 0 Å². The number of benzene rings is 1. The van der Waals surface area contributed by atoms with Crippen molar-refractivity contribution in [2.45, 2.75) is 17.1 Å². The smallest absolute Gasteiger partial charge is 0.316 e. The summed E-state index contributed by atoms with van der Waals surface area (Å²) in [5.74, 6) is 0.590. The topological polar surface area (TPSA) is 55.8 Å². The van der Waals surface area contributed by atoms with Gasteiger partial charge in [-0.05, 0) is 25.1 Å². The van der Waals surface area contributed by atoms with Gasteiger partial charge in [-0.15, -0.1) is 11.8 Å². The Morgan fingerprint density at radius 3 is 2.75 bits per heavy atom. The third kappa shape index (κ3) is 2.41. The van der Waals surface area contributed by atoms with E-state index in [1.54, 1.807) is 6.92 Å². The molecule has 0 unspecified atom stereocenters. The molecule has 0 saturated carbocycles. The van der Waals surface area contributed by atoms with Crippen LogP contribution in [0.3, 0.4) is 0 Å². The molecule has 0 saturated heterocycles. The van der Waals surface area contributed by atoms with Crippen LogP contribution in [0.2, 0.25) is 0 Å². The number of hydrogen-bond acceptors (Lipinski definition) is 4. The summed E-state index contributed by atoms with van der Waals surface area (Å²) in [6.45, 7) is 2.75. The van der Waals surface area contributed by atoms with Crippen molar-refractivity contribution in [1.82, 2.24) is 0 Å². The Morgan fingerprint density at radius 1 is 1.38 bits per heavy atom. The van der Waals surface area contributed by atoms with Crippen LogP contribution in [0.25, 0.3) is 0 Å². The lowest BCUT2D eigenvalue weighted by Gasteiger charge is -2.19. The van der Waals surface area contributed by atoms with Gasteiger partial charge in [-0.2, -0.15) is 0 Å². The Labute approximate surface area is 97.6 Å². The van der Waals surface area contributed by atoms with Crippen molar-refractivity contribution >= 4 is 17.7 Å². The Balaban J connectivity index is 2.14. The van der Waals surface area contributed by atoms with Crippen molar-refractivity contribution in [3.63, 3.8) is 0 Å². The number of hydrogen-bond donors (Lipinski definition) is 1. The second-order valence-corrected chi connectivity index (χ2v) is 4.82. The van der Waals surface area contributed by atoms with Gasteiger partial charge in [0.05, 0.1) is 0 Å². The molecule has 0 aromatic heterocycles. The molecule has 1 heterocycles. The van der Waals surface area contributed by atoms with Crippen LogP contribution in [0.4, 0.5) is 0 Å². The lowest BCUT2D eigenvalue weighted by Crippen LogP contribution is -2.15. The van der Waals surface area contributed by atoms with Gasteiger partial charge in [0.1, 0.15) is 18.5 Å². The van der Waals surface area contributed by atoms with Crippen molar-refractivity contribution in [2.75, 3.05) is 13.2 Å². The molecule has 4 nitrogen and oxygen atoms in total. The van der Waals surface area contributed by atoms with Gasteiger partial charge in [0.2, 0.25) is 0 Å². The maximum absolute atomic E-state index is 10.7. The number of carbonyl (C=O) groups is 1. The Hall–Kier alpha value is -1.36. The number of ether oxygens (including phenoxy) is 2. The molecule has 86 valence electrons. The lowest BCUT2D eigenvalue weighted by molar-refractivity contribution is -0.136. The number of thioether (sulfide) groups is 1. The van der Waals surface area contributed by atoms with Gasteiger partial charge in [0.15, 0.2) is 11.5 Å². The van der Waals surface area contributed by atoms with Crippen molar-refractivity contribution in [3.05, 3.63) is 18.2 Å². The van der Waals surface area contributed by atoms with Crippen LogP contribution in [0.1, 0.15) is 6.92 Å². The van der Waals surface area contributed by atoms with Crippen molar-refractivity contribution in [2.24, 2.45) is 0 Å². The van der Waals surface area contributed by atoms with Crippen molar-refractivity contribution < 1.29 is 19.4 Å². The van der Waals surface area contributed by atoms with Crippen LogP contribution in [-0.4, -0.2) is 29.5 Å². The van der Waals surface area contributed by atoms with Crippen LogP contribution in [0.5, 0.6) is 11.5 Å². The zero-order valence-electron chi connectivity index (χ0n) is 8.80. The highest BCUT2D eigenvalue weighted by atomic mass is 32.2. The molecule has 1 atom stereocenters. The summed E-state index contributed by atoms with van der Waals surface area (Å²) in [6, 6.07) is 5.47. The van der Waals surface area contributed by atoms with Crippen LogP contribution in [0.15, 0.2) is 23.1 Å². The zero-order valence-corrected chi connectivity index (χ0v) is 9.62. The molecule has 0 aliphatic carbocycles. The number of fused-ring (bicyclic) bond motifs is 1. The first-order valence-corrected chi connectivity index (χ1v) is 5.84. The number of aliphatic carboxylic acids is 1. The minimum atomic E-state index is -0.820. The Morgan fingerprint density at radius 2 is 2.06 bits per heavy atom. The number of rotatable bonds is 3. The number of carboxylic acid groups (broad SMARTS) is 1. The molecule has 0 bridgehead atoms. The van der Waals surface area contributed by atoms with E-state index in [4.69, 9.17) is 14.6 Å². The van der Waals surface area contributed by atoms with Gasteiger partial charge in [-0.3, -0.25) is 4.79 Å². The fourth-order valence-electron chi connectivity index (χ4n) is 1.35. The van der Waals surface area contributed by atoms with E-state index >= 15 is 0 Å². The van der Waals surface area contributed by atoms with E-state index in [1.807, 2.05) is 18.2 Å². The molecular weight excluding hydrogens is 228 g/mol. The van der Waals surface area contributed by atoms with E-state index < -0.39 is 11.2 Å². The highest BCUT2D eigenvalue weighted by molar-refractivity contribution is 8.00. The molecule has 1 N–H and O–H groups in total. The first-order valence-electron chi connectivity index (χ1n) is 4.96. The molecule has 1 aliphatic heterocycles. The fraction of sp³-hybridized carbons (Fsp3) is 0.364. The van der Waals surface area contributed by atoms with E-state index in [2.05, 4.69) is 0 Å². The third-order valence-corrected chi connectivity index (χ3v) is 3.26. The average molecular weight is 240 g/mol. The predicted molar refractivity (Wildman–Crippen MR) is 60.4 cm³/mol. The van der Waals surface area contributed by atoms with Gasteiger partial charge in [0, 0.05) is 4.90 Å². The molecule has 0 radical (unpaired) electrons. The van der Waals surface area contributed by atoms with Gasteiger partial charge in [0.25, 0.3) is 0 Å². The van der Waals surface area contributed by atoms with Crippen LogP contribution in [-0.2, 0) is 4.79 Å². The second-order valence-electron chi connectivity index (χ2n) is 3.40. The summed E-state index contributed by atoms with van der Waals surface area (Å²) in [6.07, 6.45) is 0. The third-order valence-electron chi connectivity index (χ3n) is 2.17. The second kappa shape index (κ2) is 4.65. The summed E-state index contributed by atoms with van der Waals surface area (Å²) in [5.41, 5.74) is 0. The number of carboxylic acids is 1. The van der Waals surface area contributed by atoms with Gasteiger partial charge < -0.3 is 14.6 Å². The van der Waals surface area contributed by atoms with Gasteiger partial charge >= 0.3 is 5.97 Å². The largest absolute Gasteiger partial charge is 0.486 e. The Kier molecular flexibility index (Phi) is 3.24. The highest BCUT2D eigenvalue weighted by Gasteiger charge is 2.16. The summed E-state index contributed by atoms with van der Waals surface area (Å²) in [5, 5.41) is 8.34. The molecule has 0 fully saturated rings. The summed E-state index contributed by atoms with van der Waals surface area (Å²) in [4.78, 5) is 11.6. The quantitative estimate of drug-likeness (QED) is 0.819. The zero-order chi connectivity index (χ0) is 11.5. The van der Waals surface area contributed by atoms with E-state index in [1.165, 1.54) is 11.8 Å². The van der Waals surface area contributed by atoms with Crippen molar-refractivity contribution in [1.29, 1.82) is 0 Å². The molecule has 2 rings (SSSR count). The minimum Gasteiger partial charge on any atom is -0.486 e. The van der Waals surface area contributed by atoms with Crippen LogP contribution >= 0.6 is 11.8 Å². The molecule has 1 aromatic rings. The molecule has 16 heavy (non-hydrogen) atoms. The van der Waals surface area contributed by atoms with E-state index in [-0.39, 0.29) is 0 Å². The monoisotopic (exact) mass is 240 g/mol. The fourth-order valence-corrected chi connectivity index (χ4v) is 2.18. The molecule has 0 amide bonds. The summed E-state index contributed by atoms with van der Waals surface area (Å²) < 4.78 is 10.8. The Bertz CT molecular complexity index is 405. The maximum atomic E-state index is 10.7. The SMILES string of the molecule is C[C@H](Sc1ccc2c(c1)OCCO2)C(=O)O. The molecule has 1 aromatic carbocycles. The van der Waals surface area contributed by atoms with Crippen molar-refractivity contribution in [3.8, 4) is 11.5 Å². The lowest BCUT2D eigenvalue weighted by atomic mass is 10.3. The standard InChI is InChI=1S/C11H12O4S/c1-7(11(12)13)16-8-2-3-9-10(6-8)15-5-4-14-9/h2-3,6-7H,4-5H2,1H3,(H,12,13)/t7-/m0/s1. The first-order chi connectivity index (χ1) is 7.66. The maximum Gasteiger partial charge on any atom is 0.316 e. The first kappa shape index (κ1) is 11.1. The predicted octanol–water partition coefficient (Wildman–Crippen LogP) is 2.02. The molecule has 1 aliphatic rings. The molecule has 5 heteroatoms.